The van der Waals surface area contributed by atoms with Crippen LogP contribution in [0.1, 0.15) is 50.4 Å². The summed E-state index contributed by atoms with van der Waals surface area (Å²) in [6, 6.07) is 2.62. The molecule has 0 aromatic carbocycles. The van der Waals surface area contributed by atoms with Crippen molar-refractivity contribution < 1.29 is 14.0 Å². The largest absolute Gasteiger partial charge is 0.478 e. The van der Waals surface area contributed by atoms with E-state index in [1.807, 2.05) is 13.8 Å². The molecule has 0 unspecified atom stereocenters. The number of carbonyl (C=O) groups is 1. The third-order valence-electron chi connectivity index (χ3n) is 4.33. The average Bonchev–Trinajstić information content (AvgIpc) is 2.72. The van der Waals surface area contributed by atoms with Crippen LogP contribution in [0, 0.1) is 0 Å². The van der Waals surface area contributed by atoms with E-state index in [2.05, 4.69) is 22.2 Å². The van der Waals surface area contributed by atoms with Gasteiger partial charge in [-0.15, -0.1) is 0 Å². The summed E-state index contributed by atoms with van der Waals surface area (Å²) < 4.78 is 20.9. The van der Waals surface area contributed by atoms with E-state index in [0.717, 1.165) is 19.3 Å². The van der Waals surface area contributed by atoms with Crippen molar-refractivity contribution in [2.45, 2.75) is 52.1 Å². The Bertz CT molecular complexity index is 817. The maximum atomic E-state index is 15.4. The SMILES string of the molecule is CCCOc1cc(N(F)c2cncc(C(N)=O)c2)c(N[C@H](CCC)[C@H](C)N)cn1. The van der Waals surface area contributed by atoms with Gasteiger partial charge in [-0.25, -0.2) is 4.98 Å². The Morgan fingerprint density at radius 3 is 2.66 bits per heavy atom. The summed E-state index contributed by atoms with van der Waals surface area (Å²) in [5.74, 6) is -0.394. The molecular weight excluding hydrogens is 375 g/mol. The number of hydrogen-bond donors (Lipinski definition) is 3. The highest BCUT2D eigenvalue weighted by atomic mass is 19.2. The van der Waals surface area contributed by atoms with E-state index < -0.39 is 5.91 Å². The van der Waals surface area contributed by atoms with Crippen LogP contribution in [0.3, 0.4) is 0 Å². The van der Waals surface area contributed by atoms with Gasteiger partial charge in [0.15, 0.2) is 0 Å². The Morgan fingerprint density at radius 2 is 2.03 bits per heavy atom. The summed E-state index contributed by atoms with van der Waals surface area (Å²) in [7, 11) is 0. The first-order chi connectivity index (χ1) is 13.9. The van der Waals surface area contributed by atoms with Crippen molar-refractivity contribution in [1.82, 2.24) is 9.97 Å². The van der Waals surface area contributed by atoms with Crippen LogP contribution in [0.4, 0.5) is 21.5 Å². The third kappa shape index (κ3) is 6.02. The Balaban J connectivity index is 2.44. The molecule has 0 aliphatic carbocycles. The van der Waals surface area contributed by atoms with Crippen LogP contribution in [0.25, 0.3) is 0 Å². The van der Waals surface area contributed by atoms with E-state index >= 15 is 4.48 Å². The van der Waals surface area contributed by atoms with Crippen LogP contribution in [0.5, 0.6) is 5.88 Å². The number of primary amides is 1. The van der Waals surface area contributed by atoms with Gasteiger partial charge in [0, 0.05) is 24.3 Å². The van der Waals surface area contributed by atoms with Crippen molar-refractivity contribution in [3.8, 4) is 5.88 Å². The molecule has 158 valence electrons. The molecule has 0 aliphatic rings. The number of amides is 1. The first-order valence-electron chi connectivity index (χ1n) is 9.73. The van der Waals surface area contributed by atoms with Gasteiger partial charge in [-0.1, -0.05) is 24.7 Å². The molecule has 9 heteroatoms. The molecule has 1 amide bonds. The first kappa shape index (κ1) is 22.4. The molecule has 0 saturated carbocycles. The van der Waals surface area contributed by atoms with Gasteiger partial charge in [-0.2, -0.15) is 5.12 Å². The molecule has 0 radical (unpaired) electrons. The fourth-order valence-electron chi connectivity index (χ4n) is 2.77. The van der Waals surface area contributed by atoms with Crippen molar-refractivity contribution in [2.24, 2.45) is 11.5 Å². The van der Waals surface area contributed by atoms with E-state index in [-0.39, 0.29) is 29.0 Å². The fraction of sp³-hybridized carbons (Fsp3) is 0.450. The predicted octanol–water partition coefficient (Wildman–Crippen LogP) is 3.31. The summed E-state index contributed by atoms with van der Waals surface area (Å²) >= 11 is 0. The van der Waals surface area contributed by atoms with Gasteiger partial charge in [0.2, 0.25) is 11.8 Å². The minimum absolute atomic E-state index is 0.0600. The van der Waals surface area contributed by atoms with Crippen molar-refractivity contribution in [3.05, 3.63) is 36.3 Å². The van der Waals surface area contributed by atoms with Crippen molar-refractivity contribution in [2.75, 3.05) is 17.0 Å². The van der Waals surface area contributed by atoms with Crippen LogP contribution >= 0.6 is 0 Å². The van der Waals surface area contributed by atoms with Gasteiger partial charge in [0.05, 0.1) is 35.9 Å². The van der Waals surface area contributed by atoms with Gasteiger partial charge in [-0.3, -0.25) is 9.78 Å². The summed E-state index contributed by atoms with van der Waals surface area (Å²) in [5.41, 5.74) is 12.2. The van der Waals surface area contributed by atoms with Crippen LogP contribution < -0.4 is 26.6 Å². The topological polar surface area (TPSA) is 119 Å². The quantitative estimate of drug-likeness (QED) is 0.492. The normalized spacial score (nSPS) is 12.9. The maximum Gasteiger partial charge on any atom is 0.250 e. The highest BCUT2D eigenvalue weighted by molar-refractivity contribution is 5.93. The molecule has 0 spiro atoms. The molecule has 29 heavy (non-hydrogen) atoms. The standard InChI is InChI=1S/C20H29FN6O2/c1-4-6-16(13(3)22)26-17-12-25-19(29-7-5-2)9-18(17)27(21)15-8-14(20(23)28)10-24-11-15/h8-13,16,26H,4-7,22H2,1-3H3,(H2,23,28)/t13-,16+/m0/s1. The lowest BCUT2D eigenvalue weighted by atomic mass is 10.1. The molecule has 5 N–H and O–H groups in total. The zero-order valence-corrected chi connectivity index (χ0v) is 17.1. The van der Waals surface area contributed by atoms with Crippen LogP contribution in [0.2, 0.25) is 0 Å². The number of ether oxygens (including phenoxy) is 1. The van der Waals surface area contributed by atoms with E-state index in [0.29, 0.717) is 23.3 Å². The number of pyridine rings is 2. The van der Waals surface area contributed by atoms with Gasteiger partial charge < -0.3 is 21.5 Å². The molecule has 0 saturated heterocycles. The molecule has 8 nitrogen and oxygen atoms in total. The second-order valence-corrected chi connectivity index (χ2v) is 6.86. The summed E-state index contributed by atoms with van der Waals surface area (Å²) in [5, 5.41) is 3.71. The number of carbonyl (C=O) groups excluding carboxylic acids is 1. The number of anilines is 3. The predicted molar refractivity (Wildman–Crippen MR) is 112 cm³/mol. The number of nitrogens with two attached hydrogens (primary N) is 2. The first-order valence-corrected chi connectivity index (χ1v) is 9.73. The molecule has 2 aromatic rings. The van der Waals surface area contributed by atoms with Crippen molar-refractivity contribution in [1.29, 1.82) is 0 Å². The Kier molecular flexibility index (Phi) is 8.14. The van der Waals surface area contributed by atoms with Crippen LogP contribution in [-0.4, -0.2) is 34.6 Å². The van der Waals surface area contributed by atoms with Gasteiger partial charge in [0.1, 0.15) is 5.69 Å². The minimum Gasteiger partial charge on any atom is -0.478 e. The number of halogens is 1. The van der Waals surface area contributed by atoms with Crippen molar-refractivity contribution >= 4 is 23.0 Å². The highest BCUT2D eigenvalue weighted by Gasteiger charge is 2.20. The average molecular weight is 404 g/mol. The van der Waals surface area contributed by atoms with E-state index in [9.17, 15) is 4.79 Å². The third-order valence-corrected chi connectivity index (χ3v) is 4.33. The lowest BCUT2D eigenvalue weighted by Crippen LogP contribution is -2.38. The summed E-state index contributed by atoms with van der Waals surface area (Å²) in [6.07, 6.45) is 6.64. The Morgan fingerprint density at radius 1 is 1.28 bits per heavy atom. The van der Waals surface area contributed by atoms with E-state index in [4.69, 9.17) is 16.2 Å². The lowest BCUT2D eigenvalue weighted by molar-refractivity contribution is 0.1000. The molecular formula is C20H29FN6O2. The highest BCUT2D eigenvalue weighted by Crippen LogP contribution is 2.35. The Hall–Kier alpha value is -2.94. The van der Waals surface area contributed by atoms with Gasteiger partial charge in [0.25, 0.3) is 0 Å². The molecule has 0 aliphatic heterocycles. The molecule has 2 atom stereocenters. The number of aromatic nitrogens is 2. The lowest BCUT2D eigenvalue weighted by Gasteiger charge is -2.26. The van der Waals surface area contributed by atoms with Crippen LogP contribution in [-0.2, 0) is 0 Å². The molecule has 2 heterocycles. The zero-order valence-electron chi connectivity index (χ0n) is 17.1. The minimum atomic E-state index is -0.687. The van der Waals surface area contributed by atoms with Crippen LogP contribution in [0.15, 0.2) is 30.7 Å². The van der Waals surface area contributed by atoms with Gasteiger partial charge in [-0.05, 0) is 25.8 Å². The Labute approximate surface area is 170 Å². The summed E-state index contributed by atoms with van der Waals surface area (Å²) in [6.45, 7) is 6.38. The van der Waals surface area contributed by atoms with Gasteiger partial charge >= 0.3 is 0 Å². The monoisotopic (exact) mass is 404 g/mol. The number of nitrogens with zero attached hydrogens (tertiary/aromatic N) is 3. The number of nitrogens with one attached hydrogen (secondary N) is 1. The number of hydrogen-bond acceptors (Lipinski definition) is 7. The summed E-state index contributed by atoms with van der Waals surface area (Å²) in [4.78, 5) is 19.6. The molecule has 0 bridgehead atoms. The second kappa shape index (κ2) is 10.6. The van der Waals surface area contributed by atoms with E-state index in [1.165, 1.54) is 30.7 Å². The smallest absolute Gasteiger partial charge is 0.250 e. The van der Waals surface area contributed by atoms with Crippen molar-refractivity contribution in [3.63, 3.8) is 0 Å². The number of rotatable bonds is 11. The zero-order chi connectivity index (χ0) is 21.4. The molecule has 2 aromatic heterocycles. The second-order valence-electron chi connectivity index (χ2n) is 6.86. The maximum absolute atomic E-state index is 15.4. The fourth-order valence-corrected chi connectivity index (χ4v) is 2.77. The van der Waals surface area contributed by atoms with E-state index in [1.54, 1.807) is 0 Å². The molecule has 0 fully saturated rings. The molecule has 2 rings (SSSR count).